The van der Waals surface area contributed by atoms with E-state index in [1.165, 1.54) is 12.1 Å². The van der Waals surface area contributed by atoms with E-state index < -0.39 is 6.61 Å². The predicted molar refractivity (Wildman–Crippen MR) is 60.0 cm³/mol. The van der Waals surface area contributed by atoms with Gasteiger partial charge in [0, 0.05) is 5.56 Å². The van der Waals surface area contributed by atoms with E-state index in [1.807, 2.05) is 0 Å². The summed E-state index contributed by atoms with van der Waals surface area (Å²) in [6.45, 7) is -2.81. The number of ether oxygens (including phenoxy) is 1. The van der Waals surface area contributed by atoms with Crippen molar-refractivity contribution in [2.45, 2.75) is 25.5 Å². The van der Waals surface area contributed by atoms with Crippen LogP contribution in [0.25, 0.3) is 0 Å². The molecule has 0 spiro atoms. The van der Waals surface area contributed by atoms with Crippen LogP contribution in [-0.4, -0.2) is 18.5 Å². The molecule has 92 valence electrons. The first-order chi connectivity index (χ1) is 8.19. The van der Waals surface area contributed by atoms with Gasteiger partial charge in [0.1, 0.15) is 11.6 Å². The average Bonchev–Trinajstić information content (AvgIpc) is 3.10. The van der Waals surface area contributed by atoms with Crippen LogP contribution in [0.5, 0.6) is 5.75 Å². The highest BCUT2D eigenvalue weighted by molar-refractivity contribution is 5.98. The van der Waals surface area contributed by atoms with Crippen LogP contribution in [0.1, 0.15) is 18.4 Å². The summed E-state index contributed by atoms with van der Waals surface area (Å²) in [5, 5.41) is 0. The number of aliphatic imine (C=N–C) groups is 1. The van der Waals surface area contributed by atoms with E-state index >= 15 is 0 Å². The molecule has 0 saturated heterocycles. The smallest absolute Gasteiger partial charge is 0.387 e. The maximum atomic E-state index is 11.9. The zero-order chi connectivity index (χ0) is 12.3. The van der Waals surface area contributed by atoms with Crippen molar-refractivity contribution in [3.05, 3.63) is 29.8 Å². The number of nitrogens with one attached hydrogen (secondary N) is 1. The van der Waals surface area contributed by atoms with Crippen LogP contribution in [0.2, 0.25) is 0 Å². The van der Waals surface area contributed by atoms with Gasteiger partial charge in [0.2, 0.25) is 0 Å². The summed E-state index contributed by atoms with van der Waals surface area (Å²) in [4.78, 5) is 4.36. The van der Waals surface area contributed by atoms with Crippen molar-refractivity contribution in [1.82, 2.24) is 5.43 Å². The molecule has 0 unspecified atom stereocenters. The van der Waals surface area contributed by atoms with Gasteiger partial charge < -0.3 is 10.2 Å². The van der Waals surface area contributed by atoms with Gasteiger partial charge in [-0.25, -0.2) is 5.84 Å². The molecule has 4 nitrogen and oxygen atoms in total. The molecule has 1 aromatic carbocycles. The Morgan fingerprint density at radius 3 is 2.47 bits per heavy atom. The Bertz CT molecular complexity index is 402. The van der Waals surface area contributed by atoms with E-state index in [-0.39, 0.29) is 5.75 Å². The second kappa shape index (κ2) is 5.09. The van der Waals surface area contributed by atoms with Crippen molar-refractivity contribution in [2.24, 2.45) is 10.8 Å². The molecule has 0 bridgehead atoms. The van der Waals surface area contributed by atoms with Crippen molar-refractivity contribution >= 4 is 5.84 Å². The van der Waals surface area contributed by atoms with Crippen LogP contribution >= 0.6 is 0 Å². The van der Waals surface area contributed by atoms with E-state index in [1.54, 1.807) is 12.1 Å². The van der Waals surface area contributed by atoms with Gasteiger partial charge in [0.15, 0.2) is 0 Å². The Labute approximate surface area is 97.5 Å². The lowest BCUT2D eigenvalue weighted by Crippen LogP contribution is -2.31. The van der Waals surface area contributed by atoms with E-state index in [0.29, 0.717) is 11.9 Å². The molecular formula is C11H13F2N3O. The first kappa shape index (κ1) is 11.8. The minimum absolute atomic E-state index is 0.117. The summed E-state index contributed by atoms with van der Waals surface area (Å²) in [6, 6.07) is 6.53. The van der Waals surface area contributed by atoms with Crippen molar-refractivity contribution in [3.63, 3.8) is 0 Å². The summed E-state index contributed by atoms with van der Waals surface area (Å²) in [6.07, 6.45) is 2.13. The molecule has 0 aliphatic heterocycles. The fourth-order valence-corrected chi connectivity index (χ4v) is 1.38. The molecular weight excluding hydrogens is 228 g/mol. The highest BCUT2D eigenvalue weighted by Crippen LogP contribution is 2.24. The van der Waals surface area contributed by atoms with Gasteiger partial charge in [-0.1, -0.05) is 0 Å². The third-order valence-corrected chi connectivity index (χ3v) is 2.35. The summed E-state index contributed by atoms with van der Waals surface area (Å²) < 4.78 is 28.1. The van der Waals surface area contributed by atoms with Crippen molar-refractivity contribution in [1.29, 1.82) is 0 Å². The summed E-state index contributed by atoms with van der Waals surface area (Å²) >= 11 is 0. The maximum absolute atomic E-state index is 11.9. The number of nitrogens with two attached hydrogens (primary N) is 1. The quantitative estimate of drug-likeness (QED) is 0.365. The monoisotopic (exact) mass is 241 g/mol. The molecule has 1 aliphatic rings. The van der Waals surface area contributed by atoms with Crippen LogP contribution in [0.3, 0.4) is 0 Å². The van der Waals surface area contributed by atoms with Gasteiger partial charge in [0.25, 0.3) is 0 Å². The molecule has 0 atom stereocenters. The maximum Gasteiger partial charge on any atom is 0.387 e. The first-order valence-corrected chi connectivity index (χ1v) is 5.28. The minimum atomic E-state index is -2.81. The fraction of sp³-hybridized carbons (Fsp3) is 0.364. The number of hydrogen-bond acceptors (Lipinski definition) is 3. The normalized spacial score (nSPS) is 16.1. The third-order valence-electron chi connectivity index (χ3n) is 2.35. The van der Waals surface area contributed by atoms with Gasteiger partial charge in [0.05, 0.1) is 6.04 Å². The number of rotatable bonds is 4. The second-order valence-electron chi connectivity index (χ2n) is 3.76. The van der Waals surface area contributed by atoms with Gasteiger partial charge >= 0.3 is 6.61 Å². The number of amidine groups is 1. The van der Waals surface area contributed by atoms with Crippen LogP contribution in [0.4, 0.5) is 8.78 Å². The molecule has 0 amide bonds. The molecule has 0 radical (unpaired) electrons. The number of alkyl halides is 2. The molecule has 17 heavy (non-hydrogen) atoms. The highest BCUT2D eigenvalue weighted by atomic mass is 19.3. The summed E-state index contributed by atoms with van der Waals surface area (Å²) in [7, 11) is 0. The lowest BCUT2D eigenvalue weighted by atomic mass is 10.2. The number of benzene rings is 1. The lowest BCUT2D eigenvalue weighted by Gasteiger charge is -2.07. The Kier molecular flexibility index (Phi) is 3.53. The molecule has 1 aromatic rings. The number of hydrazine groups is 1. The van der Waals surface area contributed by atoms with Crippen LogP contribution in [-0.2, 0) is 0 Å². The standard InChI is InChI=1S/C11H13F2N3O/c12-11(13)17-9-5-1-7(2-6-9)10(16-14)15-8-3-4-8/h1-2,5-6,8,11H,3-4,14H2,(H,15,16). The molecule has 2 rings (SSSR count). The molecule has 1 saturated carbocycles. The zero-order valence-electron chi connectivity index (χ0n) is 9.07. The van der Waals surface area contributed by atoms with E-state index in [9.17, 15) is 8.78 Å². The topological polar surface area (TPSA) is 59.6 Å². The summed E-state index contributed by atoms with van der Waals surface area (Å²) in [5.41, 5.74) is 3.26. The van der Waals surface area contributed by atoms with E-state index in [0.717, 1.165) is 18.4 Å². The van der Waals surface area contributed by atoms with Crippen LogP contribution in [0, 0.1) is 0 Å². The van der Waals surface area contributed by atoms with Crippen molar-refractivity contribution in [2.75, 3.05) is 0 Å². The van der Waals surface area contributed by atoms with Gasteiger partial charge in [-0.3, -0.25) is 4.99 Å². The lowest BCUT2D eigenvalue weighted by molar-refractivity contribution is -0.0498. The average molecular weight is 241 g/mol. The van der Waals surface area contributed by atoms with Crippen molar-refractivity contribution in [3.8, 4) is 5.75 Å². The second-order valence-corrected chi connectivity index (χ2v) is 3.76. The van der Waals surface area contributed by atoms with Gasteiger partial charge in [-0.15, -0.1) is 0 Å². The number of hydrogen-bond donors (Lipinski definition) is 2. The fourth-order valence-electron chi connectivity index (χ4n) is 1.38. The molecule has 6 heteroatoms. The highest BCUT2D eigenvalue weighted by Gasteiger charge is 2.21. The molecule has 0 heterocycles. The SMILES string of the molecule is NNC(=NC1CC1)c1ccc(OC(F)F)cc1. The van der Waals surface area contributed by atoms with E-state index in [4.69, 9.17) is 5.84 Å². The molecule has 1 aliphatic carbocycles. The Hall–Kier alpha value is -1.69. The van der Waals surface area contributed by atoms with Crippen LogP contribution < -0.4 is 16.0 Å². The third kappa shape index (κ3) is 3.39. The number of halogens is 2. The zero-order valence-corrected chi connectivity index (χ0v) is 9.07. The van der Waals surface area contributed by atoms with Gasteiger partial charge in [-0.2, -0.15) is 8.78 Å². The Morgan fingerprint density at radius 2 is 2.00 bits per heavy atom. The molecule has 3 N–H and O–H groups in total. The largest absolute Gasteiger partial charge is 0.435 e. The predicted octanol–water partition coefficient (Wildman–Crippen LogP) is 1.66. The molecule has 0 aromatic heterocycles. The van der Waals surface area contributed by atoms with E-state index in [2.05, 4.69) is 15.2 Å². The Morgan fingerprint density at radius 1 is 1.35 bits per heavy atom. The first-order valence-electron chi connectivity index (χ1n) is 5.28. The Balaban J connectivity index is 2.10. The minimum Gasteiger partial charge on any atom is -0.435 e. The molecule has 1 fully saturated rings. The van der Waals surface area contributed by atoms with Crippen molar-refractivity contribution < 1.29 is 13.5 Å². The van der Waals surface area contributed by atoms with Gasteiger partial charge in [-0.05, 0) is 37.1 Å². The summed E-state index contributed by atoms with van der Waals surface area (Å²) in [5.74, 6) is 6.05. The van der Waals surface area contributed by atoms with Crippen LogP contribution in [0.15, 0.2) is 29.3 Å². The number of nitrogens with zero attached hydrogens (tertiary/aromatic N) is 1.